The minimum Gasteiger partial charge on any atom is -0.366 e. The van der Waals surface area contributed by atoms with Gasteiger partial charge in [0.15, 0.2) is 5.17 Å². The van der Waals surface area contributed by atoms with Crippen LogP contribution >= 0.6 is 11.8 Å². The van der Waals surface area contributed by atoms with Gasteiger partial charge in [-0.25, -0.2) is 4.39 Å². The Kier molecular flexibility index (Phi) is 4.71. The zero-order valence-electron chi connectivity index (χ0n) is 14.0. The maximum atomic E-state index is 13.9. The van der Waals surface area contributed by atoms with E-state index in [2.05, 4.69) is 14.9 Å². The number of rotatable bonds is 2. The summed E-state index contributed by atoms with van der Waals surface area (Å²) in [6.07, 6.45) is 5.22. The zero-order valence-corrected chi connectivity index (χ0v) is 14.8. The number of nitrogens with zero attached hydrogens (tertiary/aromatic N) is 4. The number of benzene rings is 1. The molecule has 1 fully saturated rings. The molecule has 5 nitrogen and oxygen atoms in total. The molecule has 26 heavy (non-hydrogen) atoms. The Morgan fingerprint density at radius 3 is 2.54 bits per heavy atom. The lowest BCUT2D eigenvalue weighted by Gasteiger charge is -2.36. The van der Waals surface area contributed by atoms with Gasteiger partial charge in [0.1, 0.15) is 5.82 Å². The Balaban J connectivity index is 1.41. The van der Waals surface area contributed by atoms with Gasteiger partial charge < -0.3 is 9.80 Å². The molecule has 2 aromatic rings. The molecule has 132 valence electrons. The molecule has 1 amide bonds. The average molecular weight is 368 g/mol. The molecule has 0 radical (unpaired) electrons. The molecule has 0 aliphatic carbocycles. The van der Waals surface area contributed by atoms with E-state index in [1.54, 1.807) is 24.5 Å². The summed E-state index contributed by atoms with van der Waals surface area (Å²) in [5.41, 5.74) is 1.51. The van der Waals surface area contributed by atoms with E-state index in [0.29, 0.717) is 36.8 Å². The molecule has 7 heteroatoms. The molecule has 0 saturated carbocycles. The van der Waals surface area contributed by atoms with Gasteiger partial charge in [-0.3, -0.25) is 9.78 Å². The van der Waals surface area contributed by atoms with Gasteiger partial charge in [0.05, 0.1) is 10.6 Å². The van der Waals surface area contributed by atoms with Crippen LogP contribution in [-0.4, -0.2) is 47.1 Å². The second-order valence-corrected chi connectivity index (χ2v) is 7.03. The van der Waals surface area contributed by atoms with Gasteiger partial charge >= 0.3 is 0 Å². The number of anilines is 1. The number of carbonyl (C=O) groups is 1. The monoisotopic (exact) mass is 368 g/mol. The Hall–Kier alpha value is -2.67. The smallest absolute Gasteiger partial charge is 0.286 e. The summed E-state index contributed by atoms with van der Waals surface area (Å²) in [4.78, 5) is 25.1. The highest BCUT2D eigenvalue weighted by Crippen LogP contribution is 2.31. The second-order valence-electron chi connectivity index (χ2n) is 6.02. The van der Waals surface area contributed by atoms with E-state index in [0.717, 1.165) is 10.7 Å². The molecule has 0 N–H and O–H groups in total. The first kappa shape index (κ1) is 16.8. The minimum atomic E-state index is -0.217. The third-order valence-electron chi connectivity index (χ3n) is 4.33. The van der Waals surface area contributed by atoms with E-state index < -0.39 is 0 Å². The summed E-state index contributed by atoms with van der Waals surface area (Å²) >= 11 is 1.39. The van der Waals surface area contributed by atoms with Crippen molar-refractivity contribution in [2.75, 3.05) is 31.1 Å². The van der Waals surface area contributed by atoms with Crippen LogP contribution in [0.2, 0.25) is 0 Å². The van der Waals surface area contributed by atoms with Crippen LogP contribution in [0, 0.1) is 5.82 Å². The topological polar surface area (TPSA) is 48.8 Å². The Labute approximate surface area is 155 Å². The number of para-hydroxylation sites is 1. The first-order valence-corrected chi connectivity index (χ1v) is 9.19. The van der Waals surface area contributed by atoms with Crippen LogP contribution in [0.3, 0.4) is 0 Å². The second kappa shape index (κ2) is 7.29. The number of aromatic nitrogens is 1. The van der Waals surface area contributed by atoms with Crippen molar-refractivity contribution in [1.82, 2.24) is 9.88 Å². The molecular formula is C19H17FN4OS. The number of hydrogen-bond acceptors (Lipinski definition) is 5. The van der Waals surface area contributed by atoms with E-state index in [-0.39, 0.29) is 11.7 Å². The third-order valence-corrected chi connectivity index (χ3v) is 5.38. The quantitative estimate of drug-likeness (QED) is 0.763. The number of pyridine rings is 1. The SMILES string of the molecule is O=C1N=C(N2CCN(c3ccccc3F)CC2)SC1=Cc1cccnc1. The van der Waals surface area contributed by atoms with Gasteiger partial charge in [-0.15, -0.1) is 0 Å². The van der Waals surface area contributed by atoms with Crippen molar-refractivity contribution in [3.8, 4) is 0 Å². The lowest BCUT2D eigenvalue weighted by atomic mass is 10.2. The van der Waals surface area contributed by atoms with Crippen molar-refractivity contribution in [2.24, 2.45) is 4.99 Å². The molecule has 0 bridgehead atoms. The lowest BCUT2D eigenvalue weighted by Crippen LogP contribution is -2.48. The average Bonchev–Trinajstić information content (AvgIpc) is 3.04. The van der Waals surface area contributed by atoms with Crippen LogP contribution in [0.4, 0.5) is 10.1 Å². The van der Waals surface area contributed by atoms with Crippen molar-refractivity contribution >= 4 is 34.6 Å². The lowest BCUT2D eigenvalue weighted by molar-refractivity contribution is -0.113. The predicted molar refractivity (Wildman–Crippen MR) is 102 cm³/mol. The molecule has 2 aliphatic heterocycles. The van der Waals surface area contributed by atoms with Gasteiger partial charge in [-0.1, -0.05) is 18.2 Å². The Morgan fingerprint density at radius 2 is 1.81 bits per heavy atom. The molecule has 1 aromatic heterocycles. The first-order valence-electron chi connectivity index (χ1n) is 8.38. The summed E-state index contributed by atoms with van der Waals surface area (Å²) in [7, 11) is 0. The summed E-state index contributed by atoms with van der Waals surface area (Å²) in [6, 6.07) is 10.5. The molecule has 2 aliphatic rings. The summed E-state index contributed by atoms with van der Waals surface area (Å²) in [5.74, 6) is -0.421. The molecule has 1 saturated heterocycles. The van der Waals surface area contributed by atoms with E-state index >= 15 is 0 Å². The minimum absolute atomic E-state index is 0.203. The van der Waals surface area contributed by atoms with Crippen molar-refractivity contribution in [2.45, 2.75) is 0 Å². The number of piperazine rings is 1. The molecule has 0 atom stereocenters. The highest BCUT2D eigenvalue weighted by molar-refractivity contribution is 8.18. The van der Waals surface area contributed by atoms with Gasteiger partial charge in [-0.05, 0) is 41.6 Å². The number of hydrogen-bond donors (Lipinski definition) is 0. The van der Waals surface area contributed by atoms with Crippen LogP contribution in [0.1, 0.15) is 5.56 Å². The van der Waals surface area contributed by atoms with Gasteiger partial charge in [0.2, 0.25) is 0 Å². The third kappa shape index (κ3) is 3.48. The molecular weight excluding hydrogens is 351 g/mol. The Morgan fingerprint density at radius 1 is 1.04 bits per heavy atom. The highest BCUT2D eigenvalue weighted by Gasteiger charge is 2.28. The maximum Gasteiger partial charge on any atom is 0.286 e. The van der Waals surface area contributed by atoms with Crippen molar-refractivity contribution in [1.29, 1.82) is 0 Å². The molecule has 4 rings (SSSR count). The van der Waals surface area contributed by atoms with Crippen molar-refractivity contribution < 1.29 is 9.18 Å². The number of carbonyl (C=O) groups excluding carboxylic acids is 1. The normalized spacial score (nSPS) is 19.2. The Bertz CT molecular complexity index is 876. The number of thioether (sulfide) groups is 1. The van der Waals surface area contributed by atoms with Gasteiger partial charge in [-0.2, -0.15) is 4.99 Å². The van der Waals surface area contributed by atoms with Crippen LogP contribution in [0.5, 0.6) is 0 Å². The molecule has 0 spiro atoms. The maximum absolute atomic E-state index is 13.9. The highest BCUT2D eigenvalue weighted by atomic mass is 32.2. The summed E-state index contributed by atoms with van der Waals surface area (Å²) in [6.45, 7) is 2.79. The van der Waals surface area contributed by atoms with Crippen molar-refractivity contribution in [3.63, 3.8) is 0 Å². The number of aliphatic imine (C=N–C) groups is 1. The fourth-order valence-electron chi connectivity index (χ4n) is 2.99. The fraction of sp³-hybridized carbons (Fsp3) is 0.211. The van der Waals surface area contributed by atoms with Crippen LogP contribution in [-0.2, 0) is 4.79 Å². The van der Waals surface area contributed by atoms with Crippen LogP contribution in [0.15, 0.2) is 58.7 Å². The van der Waals surface area contributed by atoms with E-state index in [1.807, 2.05) is 29.2 Å². The molecule has 1 aromatic carbocycles. The summed E-state index contributed by atoms with van der Waals surface area (Å²) in [5, 5.41) is 0.721. The first-order chi connectivity index (χ1) is 12.7. The standard InChI is InChI=1S/C19H17FN4OS/c20-15-5-1-2-6-16(15)23-8-10-24(11-9-23)19-22-18(25)17(26-19)12-14-4-3-7-21-13-14/h1-7,12-13H,8-11H2. The van der Waals surface area contributed by atoms with Crippen molar-refractivity contribution in [3.05, 3.63) is 65.1 Å². The predicted octanol–water partition coefficient (Wildman–Crippen LogP) is 3.01. The zero-order chi connectivity index (χ0) is 17.9. The summed E-state index contributed by atoms with van der Waals surface area (Å²) < 4.78 is 13.9. The van der Waals surface area contributed by atoms with E-state index in [9.17, 15) is 9.18 Å². The van der Waals surface area contributed by atoms with Crippen LogP contribution in [0.25, 0.3) is 6.08 Å². The fourth-order valence-corrected chi connectivity index (χ4v) is 3.96. The largest absolute Gasteiger partial charge is 0.366 e. The number of halogens is 1. The molecule has 3 heterocycles. The molecule has 0 unspecified atom stereocenters. The van der Waals surface area contributed by atoms with E-state index in [1.165, 1.54) is 17.8 Å². The van der Waals surface area contributed by atoms with E-state index in [4.69, 9.17) is 0 Å². The van der Waals surface area contributed by atoms with Gasteiger partial charge in [0.25, 0.3) is 5.91 Å². The number of amidine groups is 1. The van der Waals surface area contributed by atoms with Gasteiger partial charge in [0, 0.05) is 38.6 Å². The number of amides is 1. The van der Waals surface area contributed by atoms with Crippen LogP contribution < -0.4 is 4.90 Å².